The fourth-order valence-electron chi connectivity index (χ4n) is 8.62. The van der Waals surface area contributed by atoms with E-state index in [4.69, 9.17) is 0 Å². The van der Waals surface area contributed by atoms with Crippen molar-refractivity contribution in [2.75, 3.05) is 0 Å². The average molecular weight is 650 g/mol. The van der Waals surface area contributed by atoms with Crippen LogP contribution in [0.2, 0.25) is 0 Å². The van der Waals surface area contributed by atoms with Crippen LogP contribution >= 0.6 is 0 Å². The predicted octanol–water partition coefficient (Wildman–Crippen LogP) is 13.1. The van der Waals surface area contributed by atoms with E-state index in [0.717, 1.165) is 5.69 Å². The van der Waals surface area contributed by atoms with E-state index in [9.17, 15) is 0 Å². The Kier molecular flexibility index (Phi) is 6.69. The molecule has 0 fully saturated rings. The second-order valence-electron chi connectivity index (χ2n) is 13.8. The third kappa shape index (κ3) is 4.55. The minimum atomic E-state index is -0.246. The third-order valence-corrected chi connectivity index (χ3v) is 11.1. The van der Waals surface area contributed by atoms with E-state index in [1.54, 1.807) is 0 Å². The highest BCUT2D eigenvalue weighted by molar-refractivity contribution is 6.10. The van der Waals surface area contributed by atoms with Gasteiger partial charge in [-0.1, -0.05) is 164 Å². The van der Waals surface area contributed by atoms with Gasteiger partial charge in [0, 0.05) is 21.9 Å². The van der Waals surface area contributed by atoms with Crippen LogP contribution in [-0.2, 0) is 5.41 Å². The highest BCUT2D eigenvalue weighted by Gasteiger charge is 2.41. The van der Waals surface area contributed by atoms with Gasteiger partial charge in [0.05, 0.1) is 11.0 Å². The topological polar surface area (TPSA) is 4.93 Å². The van der Waals surface area contributed by atoms with Crippen molar-refractivity contribution in [1.29, 1.82) is 0 Å². The summed E-state index contributed by atoms with van der Waals surface area (Å²) < 4.78 is 2.39. The van der Waals surface area contributed by atoms with Crippen LogP contribution in [0.4, 0.5) is 0 Å². The van der Waals surface area contributed by atoms with Crippen LogP contribution in [0.15, 0.2) is 194 Å². The molecule has 1 heterocycles. The summed E-state index contributed by atoms with van der Waals surface area (Å²) in [5, 5.41) is 2.52. The minimum absolute atomic E-state index is 0.246. The van der Waals surface area contributed by atoms with Crippen molar-refractivity contribution in [2.45, 2.75) is 12.3 Å². The molecule has 1 aromatic heterocycles. The van der Waals surface area contributed by atoms with E-state index >= 15 is 0 Å². The van der Waals surface area contributed by atoms with E-state index < -0.39 is 0 Å². The van der Waals surface area contributed by atoms with Crippen molar-refractivity contribution < 1.29 is 0 Å². The molecule has 0 atom stereocenters. The van der Waals surface area contributed by atoms with Gasteiger partial charge in [0.2, 0.25) is 0 Å². The van der Waals surface area contributed by atoms with Crippen molar-refractivity contribution in [3.63, 3.8) is 0 Å². The molecule has 0 radical (unpaired) electrons. The summed E-state index contributed by atoms with van der Waals surface area (Å²) >= 11 is 0. The van der Waals surface area contributed by atoms with Gasteiger partial charge >= 0.3 is 0 Å². The fourth-order valence-corrected chi connectivity index (χ4v) is 8.62. The van der Waals surface area contributed by atoms with Crippen LogP contribution in [0.25, 0.3) is 72.0 Å². The molecule has 0 N–H and O–H groups in total. The van der Waals surface area contributed by atoms with Gasteiger partial charge < -0.3 is 4.57 Å². The van der Waals surface area contributed by atoms with Crippen LogP contribution in [0.3, 0.4) is 0 Å². The molecule has 51 heavy (non-hydrogen) atoms. The molecule has 0 amide bonds. The molecule has 1 aliphatic carbocycles. The SMILES string of the molecule is CC1(c2ccccc2-c2ccc(-c3ccc4c(c3)c3ccccc3n4-c3ccc(-c4ccccc4)cc3)cc2)c2ccccc2-c2ccccc21. The number of para-hydroxylation sites is 1. The van der Waals surface area contributed by atoms with Crippen molar-refractivity contribution in [3.8, 4) is 50.2 Å². The maximum Gasteiger partial charge on any atom is 0.0541 e. The second kappa shape index (κ2) is 11.6. The Hall–Kier alpha value is -6.44. The summed E-state index contributed by atoms with van der Waals surface area (Å²) in [5.74, 6) is 0. The lowest BCUT2D eigenvalue weighted by molar-refractivity contribution is 0.716. The van der Waals surface area contributed by atoms with Gasteiger partial charge in [-0.25, -0.2) is 0 Å². The first-order chi connectivity index (χ1) is 25.2. The molecule has 1 nitrogen and oxygen atoms in total. The second-order valence-corrected chi connectivity index (χ2v) is 13.8. The summed E-state index contributed by atoms with van der Waals surface area (Å²) in [6, 6.07) is 71.1. The molecule has 8 aromatic carbocycles. The van der Waals surface area contributed by atoms with E-state index in [1.165, 1.54) is 83.0 Å². The zero-order valence-electron chi connectivity index (χ0n) is 28.4. The monoisotopic (exact) mass is 649 g/mol. The van der Waals surface area contributed by atoms with E-state index in [2.05, 4.69) is 206 Å². The van der Waals surface area contributed by atoms with Gasteiger partial charge in [0.15, 0.2) is 0 Å². The summed E-state index contributed by atoms with van der Waals surface area (Å²) in [7, 11) is 0. The van der Waals surface area contributed by atoms with Gasteiger partial charge in [-0.3, -0.25) is 0 Å². The molecule has 1 aliphatic rings. The molecule has 9 aromatic rings. The molecule has 0 unspecified atom stereocenters. The number of hydrogen-bond donors (Lipinski definition) is 0. The molecular formula is C50H35N. The molecular weight excluding hydrogens is 615 g/mol. The molecule has 0 aliphatic heterocycles. The van der Waals surface area contributed by atoms with Crippen LogP contribution in [0, 0.1) is 0 Å². The van der Waals surface area contributed by atoms with Gasteiger partial charge in [0.1, 0.15) is 0 Å². The summed E-state index contributed by atoms with van der Waals surface area (Å²) in [6.45, 7) is 2.40. The van der Waals surface area contributed by atoms with Gasteiger partial charge in [-0.2, -0.15) is 0 Å². The Labute approximate surface area is 298 Å². The maximum atomic E-state index is 2.40. The van der Waals surface area contributed by atoms with E-state index in [1.807, 2.05) is 0 Å². The Morgan fingerprint density at radius 2 is 0.784 bits per heavy atom. The largest absolute Gasteiger partial charge is 0.309 e. The first kappa shape index (κ1) is 29.5. The Bertz CT molecular complexity index is 2680. The third-order valence-electron chi connectivity index (χ3n) is 11.1. The molecule has 10 rings (SSSR count). The molecule has 0 bridgehead atoms. The maximum absolute atomic E-state index is 2.40. The van der Waals surface area contributed by atoms with Crippen LogP contribution < -0.4 is 0 Å². The number of hydrogen-bond acceptors (Lipinski definition) is 0. The first-order valence-electron chi connectivity index (χ1n) is 17.8. The number of nitrogens with zero attached hydrogens (tertiary/aromatic N) is 1. The average Bonchev–Trinajstić information content (AvgIpc) is 3.68. The predicted molar refractivity (Wildman–Crippen MR) is 215 cm³/mol. The van der Waals surface area contributed by atoms with Gasteiger partial charge in [-0.15, -0.1) is 0 Å². The fraction of sp³-hybridized carbons (Fsp3) is 0.0400. The molecule has 0 saturated carbocycles. The summed E-state index contributed by atoms with van der Waals surface area (Å²) in [4.78, 5) is 0. The van der Waals surface area contributed by atoms with Crippen LogP contribution in [0.5, 0.6) is 0 Å². The van der Waals surface area contributed by atoms with Crippen molar-refractivity contribution in [2.24, 2.45) is 0 Å². The number of aromatic nitrogens is 1. The Morgan fingerprint density at radius 1 is 0.333 bits per heavy atom. The van der Waals surface area contributed by atoms with E-state index in [0.29, 0.717) is 0 Å². The summed E-state index contributed by atoms with van der Waals surface area (Å²) in [5.41, 5.74) is 17.5. The number of benzene rings is 8. The van der Waals surface area contributed by atoms with Crippen LogP contribution in [0.1, 0.15) is 23.6 Å². The number of fused-ring (bicyclic) bond motifs is 6. The van der Waals surface area contributed by atoms with Crippen LogP contribution in [-0.4, -0.2) is 4.57 Å². The highest BCUT2D eigenvalue weighted by Crippen LogP contribution is 2.54. The lowest BCUT2D eigenvalue weighted by Crippen LogP contribution is -2.23. The number of rotatable bonds is 5. The highest BCUT2D eigenvalue weighted by atomic mass is 15.0. The Balaban J connectivity index is 1.04. The van der Waals surface area contributed by atoms with Gasteiger partial charge in [-0.05, 0) is 98.5 Å². The minimum Gasteiger partial charge on any atom is -0.309 e. The zero-order chi connectivity index (χ0) is 33.9. The quantitative estimate of drug-likeness (QED) is 0.175. The zero-order valence-corrected chi connectivity index (χ0v) is 28.4. The van der Waals surface area contributed by atoms with Crippen molar-refractivity contribution >= 4 is 21.8 Å². The van der Waals surface area contributed by atoms with Gasteiger partial charge in [0.25, 0.3) is 0 Å². The molecule has 0 spiro atoms. The smallest absolute Gasteiger partial charge is 0.0541 e. The van der Waals surface area contributed by atoms with E-state index in [-0.39, 0.29) is 5.41 Å². The van der Waals surface area contributed by atoms with Crippen molar-refractivity contribution in [1.82, 2.24) is 4.57 Å². The standard InChI is InChI=1S/C50H35N/c1-50(46-20-10-6-16-41(46)42-17-7-11-21-47(42)50)45-19-9-5-15-40(45)37-25-23-36(24-26-37)38-29-32-49-44(33-38)43-18-8-12-22-48(43)51(49)39-30-27-35(28-31-39)34-13-3-2-4-14-34/h2-33H,1H3. The lowest BCUT2D eigenvalue weighted by atomic mass is 9.71. The normalized spacial score (nSPS) is 13.0. The lowest BCUT2D eigenvalue weighted by Gasteiger charge is -2.30. The summed E-state index contributed by atoms with van der Waals surface area (Å²) in [6.07, 6.45) is 0. The molecule has 1 heteroatoms. The first-order valence-corrected chi connectivity index (χ1v) is 17.8. The van der Waals surface area contributed by atoms with Crippen molar-refractivity contribution in [3.05, 3.63) is 211 Å². The Morgan fingerprint density at radius 3 is 1.47 bits per heavy atom. The molecule has 240 valence electrons. The molecule has 0 saturated heterocycles.